The molecule has 6 heteroatoms. The van der Waals surface area contributed by atoms with Crippen LogP contribution in [0.3, 0.4) is 0 Å². The molecule has 1 heterocycles. The molecule has 1 aromatic rings. The lowest BCUT2D eigenvalue weighted by atomic mass is 10.2. The summed E-state index contributed by atoms with van der Waals surface area (Å²) in [5.74, 6) is 2.13. The Kier molecular flexibility index (Phi) is 6.07. The first-order valence-corrected chi connectivity index (χ1v) is 7.30. The van der Waals surface area contributed by atoms with E-state index < -0.39 is 16.8 Å². The molecule has 18 heavy (non-hydrogen) atoms. The van der Waals surface area contributed by atoms with Gasteiger partial charge in [0.1, 0.15) is 17.1 Å². The molecule has 0 radical (unpaired) electrons. The fourth-order valence-electron chi connectivity index (χ4n) is 1.49. The molecule has 1 atom stereocenters. The molecule has 0 aromatic carbocycles. The maximum absolute atomic E-state index is 11.4. The lowest BCUT2D eigenvalue weighted by Gasteiger charge is -2.01. The zero-order valence-corrected chi connectivity index (χ0v) is 11.8. The van der Waals surface area contributed by atoms with E-state index in [1.165, 1.54) is 7.11 Å². The zero-order valence-electron chi connectivity index (χ0n) is 10.9. The van der Waals surface area contributed by atoms with Crippen LogP contribution >= 0.6 is 0 Å². The van der Waals surface area contributed by atoms with Gasteiger partial charge in [0, 0.05) is 28.9 Å². The molecule has 0 saturated carbocycles. The monoisotopic (exact) mass is 273 g/mol. The molecule has 0 spiro atoms. The van der Waals surface area contributed by atoms with Crippen LogP contribution in [0, 0.1) is 6.92 Å². The second kappa shape index (κ2) is 7.33. The van der Waals surface area contributed by atoms with Gasteiger partial charge < -0.3 is 14.5 Å². The number of esters is 1. The van der Waals surface area contributed by atoms with Gasteiger partial charge in [0.15, 0.2) is 0 Å². The fraction of sp³-hybridized carbons (Fsp3) is 0.583. The Morgan fingerprint density at radius 1 is 1.56 bits per heavy atom. The minimum absolute atomic E-state index is 0.394. The third kappa shape index (κ3) is 4.27. The lowest BCUT2D eigenvalue weighted by Crippen LogP contribution is -2.20. The Morgan fingerprint density at radius 2 is 2.28 bits per heavy atom. The molecule has 0 aliphatic heterocycles. The first kappa shape index (κ1) is 14.9. The third-order valence-electron chi connectivity index (χ3n) is 2.50. The van der Waals surface area contributed by atoms with Crippen LogP contribution < -0.4 is 5.32 Å². The van der Waals surface area contributed by atoms with Gasteiger partial charge in [0.05, 0.1) is 13.7 Å². The molecule has 0 aliphatic rings. The fourth-order valence-corrected chi connectivity index (χ4v) is 2.15. The van der Waals surface area contributed by atoms with Crippen molar-refractivity contribution < 1.29 is 18.2 Å². The molecule has 1 aromatic heterocycles. The second-order valence-electron chi connectivity index (χ2n) is 3.78. The average Bonchev–Trinajstić information content (AvgIpc) is 2.74. The Labute approximate surface area is 109 Å². The van der Waals surface area contributed by atoms with Crippen molar-refractivity contribution >= 4 is 16.8 Å². The molecule has 1 rings (SSSR count). The highest BCUT2D eigenvalue weighted by Gasteiger charge is 2.14. The maximum Gasteiger partial charge on any atom is 0.341 e. The van der Waals surface area contributed by atoms with Crippen molar-refractivity contribution in [3.63, 3.8) is 0 Å². The van der Waals surface area contributed by atoms with Gasteiger partial charge in [-0.25, -0.2) is 4.79 Å². The number of hydrogen-bond acceptors (Lipinski definition) is 5. The van der Waals surface area contributed by atoms with Gasteiger partial charge >= 0.3 is 5.97 Å². The van der Waals surface area contributed by atoms with E-state index in [4.69, 9.17) is 4.42 Å². The number of methoxy groups -OCH3 is 1. The lowest BCUT2D eigenvalue weighted by molar-refractivity contribution is 0.0599. The van der Waals surface area contributed by atoms with Crippen LogP contribution in [0.1, 0.15) is 28.8 Å². The van der Waals surface area contributed by atoms with Gasteiger partial charge in [-0.1, -0.05) is 6.92 Å². The summed E-state index contributed by atoms with van der Waals surface area (Å²) in [5, 5.41) is 3.13. The van der Waals surface area contributed by atoms with E-state index >= 15 is 0 Å². The molecule has 0 amide bonds. The molecule has 102 valence electrons. The van der Waals surface area contributed by atoms with Crippen LogP contribution in [0.15, 0.2) is 10.5 Å². The summed E-state index contributed by atoms with van der Waals surface area (Å²) in [5.41, 5.74) is 0.450. The van der Waals surface area contributed by atoms with E-state index in [9.17, 15) is 9.00 Å². The van der Waals surface area contributed by atoms with Crippen LogP contribution in [0.2, 0.25) is 0 Å². The van der Waals surface area contributed by atoms with E-state index in [-0.39, 0.29) is 0 Å². The topological polar surface area (TPSA) is 68.5 Å². The molecular formula is C12H19NO4S. The summed E-state index contributed by atoms with van der Waals surface area (Å²) in [6, 6.07) is 1.67. The van der Waals surface area contributed by atoms with Crippen molar-refractivity contribution in [2.45, 2.75) is 20.4 Å². The SMILES string of the molecule is CCS(=O)CCNCc1cc(C(=O)OC)c(C)o1. The van der Waals surface area contributed by atoms with Crippen LogP contribution in [-0.2, 0) is 22.1 Å². The van der Waals surface area contributed by atoms with Crippen LogP contribution in [-0.4, -0.2) is 35.3 Å². The van der Waals surface area contributed by atoms with Gasteiger partial charge in [-0.05, 0) is 13.0 Å². The molecule has 0 aliphatic carbocycles. The van der Waals surface area contributed by atoms with Crippen LogP contribution in [0.5, 0.6) is 0 Å². The van der Waals surface area contributed by atoms with E-state index in [0.29, 0.717) is 41.7 Å². The number of ether oxygens (including phenoxy) is 1. The number of aryl methyl sites for hydroxylation is 1. The van der Waals surface area contributed by atoms with Crippen LogP contribution in [0.4, 0.5) is 0 Å². The van der Waals surface area contributed by atoms with E-state index in [1.54, 1.807) is 13.0 Å². The van der Waals surface area contributed by atoms with E-state index in [1.807, 2.05) is 6.92 Å². The van der Waals surface area contributed by atoms with Crippen molar-refractivity contribution in [3.8, 4) is 0 Å². The summed E-state index contributed by atoms with van der Waals surface area (Å²) in [4.78, 5) is 11.4. The predicted octanol–water partition coefficient (Wildman–Crippen LogP) is 1.23. The largest absolute Gasteiger partial charge is 0.465 e. The quantitative estimate of drug-likeness (QED) is 0.598. The van der Waals surface area contributed by atoms with Gasteiger partial charge in [0.25, 0.3) is 0 Å². The minimum atomic E-state index is -0.760. The van der Waals surface area contributed by atoms with E-state index in [0.717, 1.165) is 0 Å². The summed E-state index contributed by atoms with van der Waals surface area (Å²) in [7, 11) is 0.580. The summed E-state index contributed by atoms with van der Waals surface area (Å²) < 4.78 is 21.3. The second-order valence-corrected chi connectivity index (χ2v) is 5.65. The summed E-state index contributed by atoms with van der Waals surface area (Å²) in [6.07, 6.45) is 0. The maximum atomic E-state index is 11.4. The minimum Gasteiger partial charge on any atom is -0.465 e. The van der Waals surface area contributed by atoms with Gasteiger partial charge in [0.2, 0.25) is 0 Å². The molecule has 5 nitrogen and oxygen atoms in total. The molecular weight excluding hydrogens is 254 g/mol. The van der Waals surface area contributed by atoms with Crippen LogP contribution in [0.25, 0.3) is 0 Å². The smallest absolute Gasteiger partial charge is 0.341 e. The number of furan rings is 1. The standard InChI is InChI=1S/C12H19NO4S/c1-4-18(15)6-5-13-8-10-7-11(9(2)17-10)12(14)16-3/h7,13H,4-6,8H2,1-3H3. The highest BCUT2D eigenvalue weighted by Crippen LogP contribution is 2.15. The van der Waals surface area contributed by atoms with Gasteiger partial charge in [-0.3, -0.25) is 4.21 Å². The van der Waals surface area contributed by atoms with Crippen molar-refractivity contribution in [1.82, 2.24) is 5.32 Å². The highest BCUT2D eigenvalue weighted by atomic mass is 32.2. The number of carbonyl (C=O) groups is 1. The molecule has 0 bridgehead atoms. The van der Waals surface area contributed by atoms with Gasteiger partial charge in [-0.15, -0.1) is 0 Å². The Balaban J connectivity index is 2.44. The third-order valence-corrected chi connectivity index (χ3v) is 3.81. The number of rotatable bonds is 7. The number of hydrogen-bond donors (Lipinski definition) is 1. The molecule has 1 N–H and O–H groups in total. The predicted molar refractivity (Wildman–Crippen MR) is 70.0 cm³/mol. The van der Waals surface area contributed by atoms with Crippen molar-refractivity contribution in [3.05, 3.63) is 23.2 Å². The average molecular weight is 273 g/mol. The van der Waals surface area contributed by atoms with Crippen molar-refractivity contribution in [2.24, 2.45) is 0 Å². The van der Waals surface area contributed by atoms with Crippen molar-refractivity contribution in [2.75, 3.05) is 25.2 Å². The molecule has 0 saturated heterocycles. The molecule has 1 unspecified atom stereocenters. The molecule has 0 fully saturated rings. The summed E-state index contributed by atoms with van der Waals surface area (Å²) >= 11 is 0. The number of nitrogens with one attached hydrogen (secondary N) is 1. The normalized spacial score (nSPS) is 12.4. The van der Waals surface area contributed by atoms with Gasteiger partial charge in [-0.2, -0.15) is 0 Å². The number of carbonyl (C=O) groups excluding carboxylic acids is 1. The van der Waals surface area contributed by atoms with E-state index in [2.05, 4.69) is 10.1 Å². The Hall–Kier alpha value is -1.14. The summed E-state index contributed by atoms with van der Waals surface area (Å²) in [6.45, 7) is 4.79. The first-order chi connectivity index (χ1) is 8.58. The highest BCUT2D eigenvalue weighted by molar-refractivity contribution is 7.84. The van der Waals surface area contributed by atoms with Crippen molar-refractivity contribution in [1.29, 1.82) is 0 Å². The Bertz CT molecular complexity index is 428. The Morgan fingerprint density at radius 3 is 2.89 bits per heavy atom. The zero-order chi connectivity index (χ0) is 13.5. The first-order valence-electron chi connectivity index (χ1n) is 5.81.